The third-order valence-corrected chi connectivity index (χ3v) is 6.32. The molecule has 0 saturated heterocycles. The third kappa shape index (κ3) is 3.48. The lowest BCUT2D eigenvalue weighted by molar-refractivity contribution is 0.540. The minimum absolute atomic E-state index is 0.290. The fourth-order valence-corrected chi connectivity index (χ4v) is 4.57. The molecule has 19 heavy (non-hydrogen) atoms. The average molecular weight is 399 g/mol. The Hall–Kier alpha value is 0.270. The van der Waals surface area contributed by atoms with E-state index in [-0.39, 0.29) is 5.41 Å². The van der Waals surface area contributed by atoms with Crippen LogP contribution in [0, 0.1) is 0 Å². The van der Waals surface area contributed by atoms with E-state index in [0.717, 1.165) is 16.5 Å². The maximum absolute atomic E-state index is 6.24. The molecule has 0 unspecified atom stereocenters. The van der Waals surface area contributed by atoms with Crippen molar-refractivity contribution in [2.75, 3.05) is 11.8 Å². The molecule has 1 aromatic heterocycles. The van der Waals surface area contributed by atoms with Gasteiger partial charge in [-0.1, -0.05) is 23.7 Å². The van der Waals surface area contributed by atoms with Crippen molar-refractivity contribution in [3.05, 3.63) is 55.6 Å². The van der Waals surface area contributed by atoms with E-state index in [1.54, 1.807) is 11.3 Å². The zero-order valence-corrected chi connectivity index (χ0v) is 14.7. The second kappa shape index (κ2) is 6.82. The van der Waals surface area contributed by atoms with Gasteiger partial charge in [0.15, 0.2) is 0 Å². The van der Waals surface area contributed by atoms with Crippen LogP contribution in [-0.2, 0) is 11.8 Å². The van der Waals surface area contributed by atoms with E-state index >= 15 is 0 Å². The first-order valence-electron chi connectivity index (χ1n) is 5.71. The topological polar surface area (TPSA) is 0 Å². The highest BCUT2D eigenvalue weighted by Crippen LogP contribution is 2.36. The van der Waals surface area contributed by atoms with Crippen LogP contribution >= 0.6 is 62.1 Å². The van der Waals surface area contributed by atoms with Crippen LogP contribution < -0.4 is 0 Å². The summed E-state index contributed by atoms with van der Waals surface area (Å²) in [5.41, 5.74) is 0.798. The summed E-state index contributed by atoms with van der Waals surface area (Å²) in [6.07, 6.45) is 0.804. The van der Waals surface area contributed by atoms with Crippen molar-refractivity contribution in [2.24, 2.45) is 0 Å². The van der Waals surface area contributed by atoms with Gasteiger partial charge in [-0.3, -0.25) is 0 Å². The Kier molecular flexibility index (Phi) is 5.62. The molecule has 0 saturated carbocycles. The standard InChI is InChI=1S/C14H12BrCl3S/c15-12-4-5-19-13(12)7-14(8-16,9-17)10-2-1-3-11(18)6-10/h1-6H,7-9H2. The van der Waals surface area contributed by atoms with Gasteiger partial charge in [0.1, 0.15) is 0 Å². The van der Waals surface area contributed by atoms with Crippen LogP contribution in [0.4, 0.5) is 0 Å². The number of alkyl halides is 2. The predicted octanol–water partition coefficient (Wildman–Crippen LogP) is 6.12. The maximum atomic E-state index is 6.24. The largest absolute Gasteiger partial charge is 0.148 e. The van der Waals surface area contributed by atoms with E-state index in [1.807, 2.05) is 30.3 Å². The van der Waals surface area contributed by atoms with Crippen molar-refractivity contribution >= 4 is 62.1 Å². The molecule has 0 aliphatic carbocycles. The Balaban J connectivity index is 2.40. The molecular weight excluding hydrogens is 386 g/mol. The zero-order chi connectivity index (χ0) is 13.9. The minimum Gasteiger partial charge on any atom is -0.148 e. The highest BCUT2D eigenvalue weighted by Gasteiger charge is 2.32. The number of benzene rings is 1. The molecule has 0 spiro atoms. The van der Waals surface area contributed by atoms with Crippen molar-refractivity contribution in [3.8, 4) is 0 Å². The Morgan fingerprint density at radius 1 is 1.16 bits per heavy atom. The molecule has 2 aromatic rings. The van der Waals surface area contributed by atoms with Gasteiger partial charge in [-0.2, -0.15) is 0 Å². The van der Waals surface area contributed by atoms with Crippen molar-refractivity contribution in [2.45, 2.75) is 11.8 Å². The van der Waals surface area contributed by atoms with Gasteiger partial charge in [-0.05, 0) is 51.5 Å². The van der Waals surface area contributed by atoms with Gasteiger partial charge in [0.25, 0.3) is 0 Å². The second-order valence-corrected chi connectivity index (χ2v) is 7.25. The van der Waals surface area contributed by atoms with Gasteiger partial charge in [-0.15, -0.1) is 34.5 Å². The predicted molar refractivity (Wildman–Crippen MR) is 90.3 cm³/mol. The van der Waals surface area contributed by atoms with Gasteiger partial charge in [-0.25, -0.2) is 0 Å². The van der Waals surface area contributed by atoms with Crippen molar-refractivity contribution in [1.29, 1.82) is 0 Å². The first-order chi connectivity index (χ1) is 9.11. The molecular formula is C14H12BrCl3S. The molecule has 0 radical (unpaired) electrons. The highest BCUT2D eigenvalue weighted by atomic mass is 79.9. The summed E-state index contributed by atoms with van der Waals surface area (Å²) in [7, 11) is 0. The fourth-order valence-electron chi connectivity index (χ4n) is 1.96. The summed E-state index contributed by atoms with van der Waals surface area (Å²) in [4.78, 5) is 1.25. The number of rotatable bonds is 5. The molecule has 0 fully saturated rings. The molecule has 0 aliphatic rings. The van der Waals surface area contributed by atoms with Crippen LogP contribution in [0.5, 0.6) is 0 Å². The van der Waals surface area contributed by atoms with Crippen LogP contribution in [0.1, 0.15) is 10.4 Å². The molecule has 0 aliphatic heterocycles. The SMILES string of the molecule is ClCC(CCl)(Cc1sccc1Br)c1cccc(Cl)c1. The molecule has 102 valence electrons. The van der Waals surface area contributed by atoms with E-state index < -0.39 is 0 Å². The lowest BCUT2D eigenvalue weighted by atomic mass is 9.80. The van der Waals surface area contributed by atoms with E-state index in [2.05, 4.69) is 21.3 Å². The zero-order valence-electron chi connectivity index (χ0n) is 10.0. The lowest BCUT2D eigenvalue weighted by Gasteiger charge is -2.30. The monoisotopic (exact) mass is 396 g/mol. The third-order valence-electron chi connectivity index (χ3n) is 3.14. The lowest BCUT2D eigenvalue weighted by Crippen LogP contribution is -2.33. The first kappa shape index (κ1) is 15.7. The number of halogens is 4. The van der Waals surface area contributed by atoms with Crippen LogP contribution in [0.25, 0.3) is 0 Å². The maximum Gasteiger partial charge on any atom is 0.0408 e. The van der Waals surface area contributed by atoms with Gasteiger partial charge < -0.3 is 0 Å². The summed E-state index contributed by atoms with van der Waals surface area (Å²) >= 11 is 23.8. The van der Waals surface area contributed by atoms with E-state index in [4.69, 9.17) is 34.8 Å². The molecule has 1 heterocycles. The van der Waals surface area contributed by atoms with Crippen molar-refractivity contribution < 1.29 is 0 Å². The molecule has 0 nitrogen and oxygen atoms in total. The Labute approximate surface area is 140 Å². The molecule has 0 bridgehead atoms. The van der Waals surface area contributed by atoms with E-state index in [9.17, 15) is 0 Å². The average Bonchev–Trinajstić information content (AvgIpc) is 2.81. The number of hydrogen-bond donors (Lipinski definition) is 0. The van der Waals surface area contributed by atoms with E-state index in [1.165, 1.54) is 4.88 Å². The Bertz CT molecular complexity index is 549. The highest BCUT2D eigenvalue weighted by molar-refractivity contribution is 9.10. The molecule has 0 amide bonds. The summed E-state index contributed by atoms with van der Waals surface area (Å²) in [5.74, 6) is 0.919. The Morgan fingerprint density at radius 3 is 2.42 bits per heavy atom. The number of hydrogen-bond acceptors (Lipinski definition) is 1. The van der Waals surface area contributed by atoms with Crippen molar-refractivity contribution in [3.63, 3.8) is 0 Å². The smallest absolute Gasteiger partial charge is 0.0408 e. The molecule has 0 atom stereocenters. The van der Waals surface area contributed by atoms with Crippen LogP contribution in [0.15, 0.2) is 40.2 Å². The summed E-state index contributed by atoms with van der Waals surface area (Å²) in [6, 6.07) is 9.84. The fraction of sp³-hybridized carbons (Fsp3) is 0.286. The van der Waals surface area contributed by atoms with Crippen LogP contribution in [0.2, 0.25) is 5.02 Å². The van der Waals surface area contributed by atoms with Crippen LogP contribution in [0.3, 0.4) is 0 Å². The van der Waals surface area contributed by atoms with Gasteiger partial charge in [0.05, 0.1) is 0 Å². The summed E-state index contributed by atoms with van der Waals surface area (Å²) in [6.45, 7) is 0. The number of thiophene rings is 1. The summed E-state index contributed by atoms with van der Waals surface area (Å²) < 4.78 is 1.11. The van der Waals surface area contributed by atoms with Gasteiger partial charge in [0.2, 0.25) is 0 Å². The normalized spacial score (nSPS) is 11.8. The Morgan fingerprint density at radius 2 is 1.89 bits per heavy atom. The molecule has 1 aromatic carbocycles. The van der Waals surface area contributed by atoms with Gasteiger partial charge >= 0.3 is 0 Å². The minimum atomic E-state index is -0.290. The van der Waals surface area contributed by atoms with Crippen LogP contribution in [-0.4, -0.2) is 11.8 Å². The van der Waals surface area contributed by atoms with Gasteiger partial charge in [0, 0.05) is 31.5 Å². The summed E-state index contributed by atoms with van der Waals surface area (Å²) in [5, 5.41) is 2.77. The molecule has 2 rings (SSSR count). The molecule has 0 N–H and O–H groups in total. The quantitative estimate of drug-likeness (QED) is 0.532. The second-order valence-electron chi connectivity index (χ2n) is 4.43. The first-order valence-corrected chi connectivity index (χ1v) is 8.83. The molecule has 5 heteroatoms. The van der Waals surface area contributed by atoms with Crippen molar-refractivity contribution in [1.82, 2.24) is 0 Å². The van der Waals surface area contributed by atoms with E-state index in [0.29, 0.717) is 16.8 Å².